The Morgan fingerprint density at radius 2 is 1.50 bits per heavy atom. The van der Waals surface area contributed by atoms with Crippen molar-refractivity contribution in [3.05, 3.63) is 72.3 Å². The fourth-order valence-electron chi connectivity index (χ4n) is 3.94. The van der Waals surface area contributed by atoms with Gasteiger partial charge in [-0.2, -0.15) is 0 Å². The second-order valence-electron chi connectivity index (χ2n) is 8.23. The third-order valence-corrected chi connectivity index (χ3v) is 10.4. The molecule has 1 aliphatic carbocycles. The minimum Gasteiger partial charge on any atom is -0.465 e. The minimum atomic E-state index is -2.50. The third-order valence-electron chi connectivity index (χ3n) is 5.34. The molecule has 3 rings (SSSR count). The first-order chi connectivity index (χ1) is 13.4. The smallest absolute Gasteiger partial charge is 0.316 e. The van der Waals surface area contributed by atoms with Crippen LogP contribution in [0.3, 0.4) is 0 Å². The molecule has 0 radical (unpaired) electrons. The van der Waals surface area contributed by atoms with Crippen molar-refractivity contribution >= 4 is 24.7 Å². The number of hydrogen-bond donors (Lipinski definition) is 0. The van der Waals surface area contributed by atoms with E-state index < -0.39 is 8.32 Å². The van der Waals surface area contributed by atoms with Gasteiger partial charge in [0.15, 0.2) is 0 Å². The average molecular weight is 395 g/mol. The van der Waals surface area contributed by atoms with Crippen molar-refractivity contribution in [3.8, 4) is 0 Å². The normalized spacial score (nSPS) is 16.4. The zero-order valence-corrected chi connectivity index (χ0v) is 18.3. The Morgan fingerprint density at radius 3 is 1.96 bits per heavy atom. The van der Waals surface area contributed by atoms with E-state index >= 15 is 0 Å². The first kappa shape index (κ1) is 20.6. The lowest BCUT2D eigenvalue weighted by molar-refractivity contribution is -0.144. The molecule has 28 heavy (non-hydrogen) atoms. The standard InChI is InChI=1S/C24H30O3Si/c1-5-26-23(25)22-18-19(22)16-17-27-28(24(2,3)4,20-12-8-6-9-13-20)21-14-10-7-11-15-21/h6-15,18,22H,5,16-17H2,1-4H3. The second kappa shape index (κ2) is 8.46. The summed E-state index contributed by atoms with van der Waals surface area (Å²) in [5, 5.41) is 2.52. The van der Waals surface area contributed by atoms with Gasteiger partial charge in [-0.25, -0.2) is 0 Å². The first-order valence-electron chi connectivity index (χ1n) is 10.0. The van der Waals surface area contributed by atoms with Crippen LogP contribution in [0.2, 0.25) is 5.04 Å². The van der Waals surface area contributed by atoms with Crippen molar-refractivity contribution in [2.45, 2.75) is 39.2 Å². The zero-order valence-electron chi connectivity index (χ0n) is 17.3. The molecular formula is C24H30O3Si. The quantitative estimate of drug-likeness (QED) is 0.385. The van der Waals surface area contributed by atoms with E-state index in [9.17, 15) is 4.79 Å². The number of rotatable bonds is 8. The fourth-order valence-corrected chi connectivity index (χ4v) is 8.50. The lowest BCUT2D eigenvalue weighted by Gasteiger charge is -2.43. The van der Waals surface area contributed by atoms with E-state index in [4.69, 9.17) is 9.16 Å². The highest BCUT2D eigenvalue weighted by atomic mass is 28.4. The summed E-state index contributed by atoms with van der Waals surface area (Å²) in [6, 6.07) is 21.3. The van der Waals surface area contributed by atoms with Gasteiger partial charge in [0.05, 0.1) is 12.5 Å². The highest BCUT2D eigenvalue weighted by Crippen LogP contribution is 2.38. The van der Waals surface area contributed by atoms with Crippen LogP contribution in [-0.2, 0) is 14.0 Å². The van der Waals surface area contributed by atoms with Crippen LogP contribution in [0.15, 0.2) is 72.3 Å². The van der Waals surface area contributed by atoms with E-state index in [1.165, 1.54) is 10.4 Å². The highest BCUT2D eigenvalue weighted by Gasteiger charge is 2.50. The molecule has 0 aromatic heterocycles. The van der Waals surface area contributed by atoms with Gasteiger partial charge in [-0.3, -0.25) is 4.79 Å². The lowest BCUT2D eigenvalue weighted by atomic mass is 10.2. The number of carbonyl (C=O) groups is 1. The van der Waals surface area contributed by atoms with Crippen molar-refractivity contribution in [1.82, 2.24) is 0 Å². The molecule has 4 heteroatoms. The summed E-state index contributed by atoms with van der Waals surface area (Å²) in [6.45, 7) is 9.70. The van der Waals surface area contributed by atoms with Gasteiger partial charge in [0.1, 0.15) is 0 Å². The van der Waals surface area contributed by atoms with Crippen molar-refractivity contribution in [2.75, 3.05) is 13.2 Å². The lowest BCUT2D eigenvalue weighted by Crippen LogP contribution is -2.66. The summed E-state index contributed by atoms with van der Waals surface area (Å²) < 4.78 is 12.0. The van der Waals surface area contributed by atoms with Gasteiger partial charge in [-0.15, -0.1) is 0 Å². The minimum absolute atomic E-state index is 0.0336. The maximum absolute atomic E-state index is 11.9. The Morgan fingerprint density at radius 1 is 0.964 bits per heavy atom. The van der Waals surface area contributed by atoms with Crippen molar-refractivity contribution in [3.63, 3.8) is 0 Å². The summed E-state index contributed by atoms with van der Waals surface area (Å²) in [7, 11) is -2.50. The molecule has 0 spiro atoms. The van der Waals surface area contributed by atoms with Crippen LogP contribution in [0.4, 0.5) is 0 Å². The van der Waals surface area contributed by atoms with Gasteiger partial charge < -0.3 is 9.16 Å². The second-order valence-corrected chi connectivity index (χ2v) is 12.5. The number of carbonyl (C=O) groups excluding carboxylic acids is 1. The molecule has 1 atom stereocenters. The van der Waals surface area contributed by atoms with Gasteiger partial charge in [0.25, 0.3) is 8.32 Å². The Hall–Kier alpha value is -2.17. The third kappa shape index (κ3) is 4.13. The summed E-state index contributed by atoms with van der Waals surface area (Å²) >= 11 is 0. The predicted molar refractivity (Wildman–Crippen MR) is 116 cm³/mol. The van der Waals surface area contributed by atoms with Crippen LogP contribution in [0.5, 0.6) is 0 Å². The van der Waals surface area contributed by atoms with Gasteiger partial charge in [-0.1, -0.05) is 93.1 Å². The fraction of sp³-hybridized carbons (Fsp3) is 0.375. The molecule has 0 saturated heterocycles. The van der Waals surface area contributed by atoms with E-state index in [-0.39, 0.29) is 16.9 Å². The molecule has 0 saturated carbocycles. The molecule has 3 nitrogen and oxygen atoms in total. The van der Waals surface area contributed by atoms with Crippen LogP contribution < -0.4 is 10.4 Å². The Balaban J connectivity index is 1.84. The number of hydrogen-bond acceptors (Lipinski definition) is 3. The molecule has 0 fully saturated rings. The highest BCUT2D eigenvalue weighted by molar-refractivity contribution is 6.99. The summed E-state index contributed by atoms with van der Waals surface area (Å²) in [4.78, 5) is 11.9. The van der Waals surface area contributed by atoms with Gasteiger partial charge in [0.2, 0.25) is 0 Å². The number of benzene rings is 2. The van der Waals surface area contributed by atoms with Gasteiger partial charge in [-0.05, 0) is 28.8 Å². The predicted octanol–water partition coefficient (Wildman–Crippen LogP) is 4.07. The Kier molecular flexibility index (Phi) is 6.21. The summed E-state index contributed by atoms with van der Waals surface area (Å²) in [6.07, 6.45) is 2.76. The Bertz CT molecular complexity index is 782. The maximum Gasteiger partial charge on any atom is 0.316 e. The molecule has 2 aromatic rings. The van der Waals surface area contributed by atoms with Crippen LogP contribution in [0.1, 0.15) is 34.1 Å². The van der Waals surface area contributed by atoms with Crippen LogP contribution in [0, 0.1) is 5.92 Å². The maximum atomic E-state index is 11.9. The summed E-state index contributed by atoms with van der Waals surface area (Å²) in [5.74, 6) is -0.273. The average Bonchev–Trinajstić information content (AvgIpc) is 3.46. The molecule has 0 amide bonds. The summed E-state index contributed by atoms with van der Waals surface area (Å²) in [5.41, 5.74) is 1.14. The molecule has 148 valence electrons. The van der Waals surface area contributed by atoms with E-state index in [0.29, 0.717) is 13.2 Å². The van der Waals surface area contributed by atoms with Crippen LogP contribution in [0.25, 0.3) is 0 Å². The van der Waals surface area contributed by atoms with Crippen molar-refractivity contribution in [1.29, 1.82) is 0 Å². The monoisotopic (exact) mass is 394 g/mol. The number of ether oxygens (including phenoxy) is 1. The van der Waals surface area contributed by atoms with Crippen LogP contribution in [-0.4, -0.2) is 27.5 Å². The molecule has 1 aliphatic rings. The first-order valence-corrected chi connectivity index (χ1v) is 11.9. The van der Waals surface area contributed by atoms with E-state index in [1.54, 1.807) is 0 Å². The molecular weight excluding hydrogens is 364 g/mol. The largest absolute Gasteiger partial charge is 0.465 e. The molecule has 0 N–H and O–H groups in total. The molecule has 1 unspecified atom stereocenters. The van der Waals surface area contributed by atoms with Crippen molar-refractivity contribution < 1.29 is 14.0 Å². The van der Waals surface area contributed by atoms with E-state index in [1.807, 2.05) is 13.0 Å². The molecule has 0 heterocycles. The van der Waals surface area contributed by atoms with Gasteiger partial charge >= 0.3 is 5.97 Å². The van der Waals surface area contributed by atoms with Crippen LogP contribution >= 0.6 is 0 Å². The molecule has 2 aromatic carbocycles. The molecule has 0 bridgehead atoms. The number of esters is 1. The SMILES string of the molecule is CCOC(=O)C1C=C1CCO[Si](c1ccccc1)(c1ccccc1)C(C)(C)C. The topological polar surface area (TPSA) is 35.5 Å². The van der Waals surface area contributed by atoms with E-state index in [0.717, 1.165) is 12.0 Å². The zero-order chi connectivity index (χ0) is 20.2. The van der Waals surface area contributed by atoms with Crippen molar-refractivity contribution in [2.24, 2.45) is 5.92 Å². The Labute approximate surface area is 169 Å². The molecule has 0 aliphatic heterocycles. The van der Waals surface area contributed by atoms with E-state index in [2.05, 4.69) is 81.4 Å². The van der Waals surface area contributed by atoms with Gasteiger partial charge in [0, 0.05) is 6.61 Å².